The largest absolute Gasteiger partial charge is 0.497 e. The van der Waals surface area contributed by atoms with Gasteiger partial charge in [-0.1, -0.05) is 76.2 Å². The van der Waals surface area contributed by atoms with Crippen LogP contribution < -0.4 is 10.1 Å². The number of nitrogens with one attached hydrogen (secondary N) is 1. The van der Waals surface area contributed by atoms with Crippen molar-refractivity contribution < 1.29 is 36.3 Å². The molecule has 268 valence electrons. The van der Waals surface area contributed by atoms with Crippen LogP contribution in [0.25, 0.3) is 11.1 Å². The van der Waals surface area contributed by atoms with Gasteiger partial charge >= 0.3 is 5.97 Å². The molecule has 48 heavy (non-hydrogen) atoms. The summed E-state index contributed by atoms with van der Waals surface area (Å²) in [6, 6.07) is 21.7. The molecule has 3 rings (SSSR count). The van der Waals surface area contributed by atoms with E-state index >= 15 is 0 Å². The average molecular weight is 707 g/mol. The molecule has 3 aromatic rings. The van der Waals surface area contributed by atoms with Gasteiger partial charge in [0.05, 0.1) is 12.9 Å². The fourth-order valence-electron chi connectivity index (χ4n) is 4.29. The van der Waals surface area contributed by atoms with E-state index in [0.717, 1.165) is 72.8 Å². The minimum Gasteiger partial charge on any atom is -0.497 e. The fourth-order valence-corrected chi connectivity index (χ4v) is 4.95. The topological polar surface area (TPSA) is 147 Å². The van der Waals surface area contributed by atoms with Crippen molar-refractivity contribution in [3.05, 3.63) is 89.5 Å². The van der Waals surface area contributed by atoms with Crippen molar-refractivity contribution in [2.45, 2.75) is 60.0 Å². The summed E-state index contributed by atoms with van der Waals surface area (Å²) in [4.78, 5) is 27.1. The van der Waals surface area contributed by atoms with Crippen LogP contribution >= 0.6 is 0 Å². The van der Waals surface area contributed by atoms with E-state index in [4.69, 9.17) is 4.74 Å². The van der Waals surface area contributed by atoms with Gasteiger partial charge in [0.15, 0.2) is 0 Å². The number of methoxy groups -OCH3 is 1. The van der Waals surface area contributed by atoms with Crippen molar-refractivity contribution in [3.8, 4) is 16.9 Å². The van der Waals surface area contributed by atoms with Gasteiger partial charge in [-0.25, -0.2) is 21.6 Å². The number of hydrogen-bond donors (Lipinski definition) is 2. The Morgan fingerprint density at radius 2 is 1.44 bits per heavy atom. The van der Waals surface area contributed by atoms with Crippen LogP contribution in [0.2, 0.25) is 0 Å². The molecule has 0 spiro atoms. The molecule has 0 aliphatic heterocycles. The van der Waals surface area contributed by atoms with E-state index in [2.05, 4.69) is 24.1 Å². The zero-order valence-corrected chi connectivity index (χ0v) is 31.4. The number of rotatable bonds is 13. The molecule has 12 heteroatoms. The third kappa shape index (κ3) is 19.2. The molecule has 0 saturated carbocycles. The van der Waals surface area contributed by atoms with Gasteiger partial charge in [0, 0.05) is 30.9 Å². The first-order chi connectivity index (χ1) is 22.5. The SMILES string of the molecule is CC.CCCN(CC)Cc1ccc(C(=O)NC(CCS(C)(=O)=O)C(=O)O)c(-c2ccccc2C)c1.COc1ccccc1.CS(C)(=O)=O. The number of hydrogen-bond acceptors (Lipinski definition) is 8. The van der Waals surface area contributed by atoms with Crippen molar-refractivity contribution in [2.24, 2.45) is 0 Å². The molecule has 0 fully saturated rings. The third-order valence-corrected chi connectivity index (χ3v) is 7.49. The van der Waals surface area contributed by atoms with Crippen LogP contribution in [0.5, 0.6) is 5.75 Å². The Morgan fingerprint density at radius 3 is 1.90 bits per heavy atom. The molecule has 0 aliphatic carbocycles. The molecule has 3 aromatic carbocycles. The molecule has 0 radical (unpaired) electrons. The molecule has 0 bridgehead atoms. The molecule has 0 heterocycles. The van der Waals surface area contributed by atoms with Crippen LogP contribution in [-0.2, 0) is 31.0 Å². The van der Waals surface area contributed by atoms with Crippen LogP contribution in [0, 0.1) is 6.92 Å². The second-order valence-corrected chi connectivity index (χ2v) is 15.6. The van der Waals surface area contributed by atoms with E-state index in [0.29, 0.717) is 5.56 Å². The van der Waals surface area contributed by atoms with Gasteiger partial charge < -0.3 is 15.2 Å². The highest BCUT2D eigenvalue weighted by Crippen LogP contribution is 2.29. The summed E-state index contributed by atoms with van der Waals surface area (Å²) in [5.41, 5.74) is 4.04. The molecule has 1 amide bonds. The Balaban J connectivity index is 0.00000121. The smallest absolute Gasteiger partial charge is 0.326 e. The highest BCUT2D eigenvalue weighted by molar-refractivity contribution is 7.90. The minimum absolute atomic E-state index is 0.194. The van der Waals surface area contributed by atoms with Crippen LogP contribution in [0.1, 0.15) is 62.0 Å². The van der Waals surface area contributed by atoms with E-state index in [1.54, 1.807) is 13.2 Å². The molecular formula is C36H54N2O8S2. The van der Waals surface area contributed by atoms with E-state index < -0.39 is 37.6 Å². The van der Waals surface area contributed by atoms with Crippen molar-refractivity contribution in [2.75, 3.05) is 44.7 Å². The monoisotopic (exact) mass is 706 g/mol. The number of carboxylic acid groups (broad SMARTS) is 1. The number of amides is 1. The number of para-hydroxylation sites is 1. The summed E-state index contributed by atoms with van der Waals surface area (Å²) in [5, 5.41) is 12.0. The lowest BCUT2D eigenvalue weighted by atomic mass is 9.93. The number of nitrogens with zero attached hydrogens (tertiary/aromatic N) is 1. The molecular weight excluding hydrogens is 653 g/mol. The zero-order valence-electron chi connectivity index (χ0n) is 29.8. The van der Waals surface area contributed by atoms with Crippen molar-refractivity contribution in [1.29, 1.82) is 0 Å². The maximum Gasteiger partial charge on any atom is 0.326 e. The Labute approximate surface area is 288 Å². The predicted molar refractivity (Wildman–Crippen MR) is 196 cm³/mol. The molecule has 10 nitrogen and oxygen atoms in total. The summed E-state index contributed by atoms with van der Waals surface area (Å²) in [6.45, 7) is 12.8. The lowest BCUT2D eigenvalue weighted by molar-refractivity contribution is -0.139. The fraction of sp³-hybridized carbons (Fsp3) is 0.444. The van der Waals surface area contributed by atoms with Crippen molar-refractivity contribution in [3.63, 3.8) is 0 Å². The van der Waals surface area contributed by atoms with Crippen LogP contribution in [-0.4, -0.2) is 89.5 Å². The number of aryl methyl sites for hydroxylation is 1. The Bertz CT molecular complexity index is 1600. The van der Waals surface area contributed by atoms with Crippen molar-refractivity contribution >= 4 is 31.6 Å². The second-order valence-electron chi connectivity index (χ2n) is 11.0. The summed E-state index contributed by atoms with van der Waals surface area (Å²) in [5.74, 6) is -1.22. The lowest BCUT2D eigenvalue weighted by Gasteiger charge is -2.21. The summed E-state index contributed by atoms with van der Waals surface area (Å²) < 4.78 is 47.1. The van der Waals surface area contributed by atoms with Gasteiger partial charge in [0.2, 0.25) is 0 Å². The van der Waals surface area contributed by atoms with Crippen molar-refractivity contribution in [1.82, 2.24) is 10.2 Å². The van der Waals surface area contributed by atoms with E-state index in [1.807, 2.05) is 87.5 Å². The number of benzene rings is 3. The zero-order chi connectivity index (χ0) is 36.9. The Kier molecular flexibility index (Phi) is 21.0. The molecule has 0 aliphatic rings. The van der Waals surface area contributed by atoms with Crippen LogP contribution in [0.4, 0.5) is 0 Å². The summed E-state index contributed by atoms with van der Waals surface area (Å²) in [7, 11) is -4.36. The van der Waals surface area contributed by atoms with Gasteiger partial charge in [-0.3, -0.25) is 9.69 Å². The molecule has 1 atom stereocenters. The minimum atomic E-state index is -3.35. The Morgan fingerprint density at radius 1 is 0.875 bits per heavy atom. The lowest BCUT2D eigenvalue weighted by Crippen LogP contribution is -2.42. The number of carboxylic acids is 1. The molecule has 0 saturated heterocycles. The first-order valence-corrected chi connectivity index (χ1v) is 20.2. The van der Waals surface area contributed by atoms with Gasteiger partial charge in [0.1, 0.15) is 31.5 Å². The summed E-state index contributed by atoms with van der Waals surface area (Å²) in [6.07, 6.45) is 4.21. The number of carbonyl (C=O) groups is 2. The van der Waals surface area contributed by atoms with E-state index in [1.165, 1.54) is 0 Å². The van der Waals surface area contributed by atoms with Gasteiger partial charge in [-0.15, -0.1) is 0 Å². The number of ether oxygens (including phenoxy) is 1. The first-order valence-electron chi connectivity index (χ1n) is 15.9. The highest BCUT2D eigenvalue weighted by Gasteiger charge is 2.24. The molecule has 0 aromatic heterocycles. The van der Waals surface area contributed by atoms with E-state index in [-0.39, 0.29) is 12.2 Å². The standard InChI is InChI=1S/C25H34N2O5S.C7H8O.C2H6O2S.C2H6/c1-5-14-27(6-2)17-19-11-12-21(22(16-19)20-10-8-7-9-18(20)3)24(28)26-23(25(29)30)13-15-33(4,31)32;1-8-7-5-3-2-4-6-7;1-5(2,3)4;1-2/h7-12,16,23H,5-6,13-15,17H2,1-4H3,(H,26,28)(H,29,30);2-6H,1H3;1-2H3;1-2H3. The normalized spacial score (nSPS) is 11.4. The number of aliphatic carboxylic acids is 1. The van der Waals surface area contributed by atoms with Gasteiger partial charge in [-0.2, -0.15) is 0 Å². The first kappa shape index (κ1) is 44.3. The molecule has 2 N–H and O–H groups in total. The maximum absolute atomic E-state index is 13.1. The van der Waals surface area contributed by atoms with Gasteiger partial charge in [-0.05, 0) is 79.4 Å². The Hall–Kier alpha value is -3.74. The number of sulfone groups is 2. The molecule has 1 unspecified atom stereocenters. The summed E-state index contributed by atoms with van der Waals surface area (Å²) >= 11 is 0. The van der Waals surface area contributed by atoms with E-state index in [9.17, 15) is 31.5 Å². The number of carbonyl (C=O) groups excluding carboxylic acids is 1. The van der Waals surface area contributed by atoms with Crippen LogP contribution in [0.3, 0.4) is 0 Å². The second kappa shape index (κ2) is 22.8. The highest BCUT2D eigenvalue weighted by atomic mass is 32.2. The van der Waals surface area contributed by atoms with Crippen LogP contribution in [0.15, 0.2) is 72.8 Å². The predicted octanol–water partition coefficient (Wildman–Crippen LogP) is 5.89. The maximum atomic E-state index is 13.1. The quantitative estimate of drug-likeness (QED) is 0.222. The third-order valence-electron chi connectivity index (χ3n) is 6.52. The van der Waals surface area contributed by atoms with Gasteiger partial charge in [0.25, 0.3) is 5.91 Å². The average Bonchev–Trinajstić information content (AvgIpc) is 3.03.